The lowest BCUT2D eigenvalue weighted by Crippen LogP contribution is -2.39. The standard InChI is InChI=1S/C32H29BrN4O2/c1-39-31(38)29(34-20-24-17-18-30(33)35-21-24)19-28-22-37(23-36-28)32(25-11-5-2-6-12-25,26-13-7-3-8-14-26)27-15-9-4-10-16-27/h2-18,21-23,29,34H,19-20H2,1H3/t29-/m0/s1. The third-order valence-corrected chi connectivity index (χ3v) is 7.31. The first-order valence-corrected chi connectivity index (χ1v) is 13.5. The molecular weight excluding hydrogens is 552 g/mol. The minimum atomic E-state index is -0.660. The van der Waals surface area contributed by atoms with Gasteiger partial charge in [-0.25, -0.2) is 9.97 Å². The fraction of sp³-hybridized carbons (Fsp3) is 0.156. The number of carbonyl (C=O) groups excluding carboxylic acids is 1. The summed E-state index contributed by atoms with van der Waals surface area (Å²) < 4.78 is 8.03. The highest BCUT2D eigenvalue weighted by atomic mass is 79.9. The van der Waals surface area contributed by atoms with Crippen LogP contribution in [0.2, 0.25) is 0 Å². The number of imidazole rings is 1. The van der Waals surface area contributed by atoms with Gasteiger partial charge >= 0.3 is 5.97 Å². The van der Waals surface area contributed by atoms with Gasteiger partial charge < -0.3 is 9.30 Å². The second-order valence-corrected chi connectivity index (χ2v) is 10.0. The number of hydrogen-bond acceptors (Lipinski definition) is 5. The summed E-state index contributed by atoms with van der Waals surface area (Å²) in [5.74, 6) is -0.338. The SMILES string of the molecule is COC(=O)[C@H](Cc1cn(C(c2ccccc2)(c2ccccc2)c2ccccc2)cn1)NCc1ccc(Br)nc1. The summed E-state index contributed by atoms with van der Waals surface area (Å²) in [6.07, 6.45) is 6.03. The summed E-state index contributed by atoms with van der Waals surface area (Å²) in [5.41, 5.74) is 4.41. The molecule has 5 rings (SSSR count). The lowest BCUT2D eigenvalue weighted by atomic mass is 9.77. The normalized spacial score (nSPS) is 12.2. The molecule has 5 aromatic rings. The Bertz CT molecular complexity index is 1390. The summed E-state index contributed by atoms with van der Waals surface area (Å²) in [4.78, 5) is 21.8. The summed E-state index contributed by atoms with van der Waals surface area (Å²) in [6.45, 7) is 0.475. The van der Waals surface area contributed by atoms with Crippen molar-refractivity contribution < 1.29 is 9.53 Å². The Kier molecular flexibility index (Phi) is 8.30. The van der Waals surface area contributed by atoms with Gasteiger partial charge in [0.1, 0.15) is 16.2 Å². The highest BCUT2D eigenvalue weighted by Crippen LogP contribution is 2.40. The maximum Gasteiger partial charge on any atom is 0.323 e. The van der Waals surface area contributed by atoms with Gasteiger partial charge in [-0.05, 0) is 44.3 Å². The predicted octanol–water partition coefficient (Wildman–Crippen LogP) is 5.75. The van der Waals surface area contributed by atoms with Crippen LogP contribution in [0.3, 0.4) is 0 Å². The molecule has 0 fully saturated rings. The van der Waals surface area contributed by atoms with E-state index in [2.05, 4.69) is 104 Å². The summed E-state index contributed by atoms with van der Waals surface area (Å²) in [6, 6.07) is 34.6. The van der Waals surface area contributed by atoms with Gasteiger partial charge in [-0.15, -0.1) is 0 Å². The van der Waals surface area contributed by atoms with Gasteiger partial charge in [0.15, 0.2) is 0 Å². The van der Waals surface area contributed by atoms with E-state index in [0.29, 0.717) is 13.0 Å². The van der Waals surface area contributed by atoms with Crippen molar-refractivity contribution in [3.63, 3.8) is 0 Å². The molecular formula is C32H29BrN4O2. The Morgan fingerprint density at radius 1 is 0.872 bits per heavy atom. The Morgan fingerprint density at radius 3 is 1.92 bits per heavy atom. The first kappa shape index (κ1) is 26.5. The molecule has 0 saturated carbocycles. The van der Waals surface area contributed by atoms with Crippen molar-refractivity contribution in [3.05, 3.63) is 154 Å². The lowest BCUT2D eigenvalue weighted by Gasteiger charge is -2.37. The van der Waals surface area contributed by atoms with Crippen molar-refractivity contribution in [2.45, 2.75) is 24.5 Å². The zero-order valence-corrected chi connectivity index (χ0v) is 23.2. The third-order valence-electron chi connectivity index (χ3n) is 6.84. The van der Waals surface area contributed by atoms with Gasteiger partial charge in [0.05, 0.1) is 19.1 Å². The number of carbonyl (C=O) groups is 1. The Morgan fingerprint density at radius 2 is 1.44 bits per heavy atom. The number of halogens is 1. The number of esters is 1. The molecule has 0 unspecified atom stereocenters. The molecule has 0 bridgehead atoms. The van der Waals surface area contributed by atoms with E-state index in [1.807, 2.05) is 42.9 Å². The van der Waals surface area contributed by atoms with E-state index in [-0.39, 0.29) is 5.97 Å². The van der Waals surface area contributed by atoms with Crippen molar-refractivity contribution in [2.75, 3.05) is 7.11 Å². The number of nitrogens with zero attached hydrogens (tertiary/aromatic N) is 3. The zero-order chi connectivity index (χ0) is 27.1. The monoisotopic (exact) mass is 580 g/mol. The number of ether oxygens (including phenoxy) is 1. The number of pyridine rings is 1. The van der Waals surface area contributed by atoms with Crippen molar-refractivity contribution in [3.8, 4) is 0 Å². The van der Waals surface area contributed by atoms with Gasteiger partial charge in [0, 0.05) is 25.4 Å². The van der Waals surface area contributed by atoms with Crippen molar-refractivity contribution >= 4 is 21.9 Å². The van der Waals surface area contributed by atoms with Crippen LogP contribution in [0.4, 0.5) is 0 Å². The smallest absolute Gasteiger partial charge is 0.323 e. The van der Waals surface area contributed by atoms with E-state index in [0.717, 1.165) is 32.6 Å². The molecule has 39 heavy (non-hydrogen) atoms. The summed E-state index contributed by atoms with van der Waals surface area (Å²) in [7, 11) is 1.40. The number of benzene rings is 3. The van der Waals surface area contributed by atoms with Crippen LogP contribution in [-0.4, -0.2) is 33.7 Å². The van der Waals surface area contributed by atoms with Crippen LogP contribution in [0, 0.1) is 0 Å². The third kappa shape index (κ3) is 5.70. The topological polar surface area (TPSA) is 69.0 Å². The average Bonchev–Trinajstić information content (AvgIpc) is 3.46. The van der Waals surface area contributed by atoms with E-state index < -0.39 is 11.6 Å². The molecule has 0 saturated heterocycles. The van der Waals surface area contributed by atoms with Gasteiger partial charge in [-0.1, -0.05) is 97.1 Å². The van der Waals surface area contributed by atoms with Gasteiger partial charge in [0.25, 0.3) is 0 Å². The van der Waals surface area contributed by atoms with E-state index in [9.17, 15) is 4.79 Å². The van der Waals surface area contributed by atoms with Crippen LogP contribution in [-0.2, 0) is 28.0 Å². The molecule has 0 amide bonds. The molecule has 0 aliphatic carbocycles. The molecule has 3 aromatic carbocycles. The highest BCUT2D eigenvalue weighted by Gasteiger charge is 2.38. The molecule has 196 valence electrons. The van der Waals surface area contributed by atoms with Crippen LogP contribution < -0.4 is 5.32 Å². The fourth-order valence-electron chi connectivity index (χ4n) is 4.98. The quantitative estimate of drug-likeness (QED) is 0.129. The molecule has 1 N–H and O–H groups in total. The van der Waals surface area contributed by atoms with Crippen molar-refractivity contribution in [1.82, 2.24) is 19.9 Å². The van der Waals surface area contributed by atoms with Crippen LogP contribution in [0.15, 0.2) is 126 Å². The first-order valence-electron chi connectivity index (χ1n) is 12.7. The fourth-order valence-corrected chi connectivity index (χ4v) is 5.21. The maximum absolute atomic E-state index is 12.7. The molecule has 2 heterocycles. The minimum absolute atomic E-state index is 0.338. The Balaban J connectivity index is 1.54. The van der Waals surface area contributed by atoms with Gasteiger partial charge in [-0.2, -0.15) is 0 Å². The van der Waals surface area contributed by atoms with Crippen molar-refractivity contribution in [2.24, 2.45) is 0 Å². The Hall–Kier alpha value is -4.07. The van der Waals surface area contributed by atoms with Crippen molar-refractivity contribution in [1.29, 1.82) is 0 Å². The maximum atomic E-state index is 12.7. The van der Waals surface area contributed by atoms with Crippen LogP contribution in [0.1, 0.15) is 27.9 Å². The second kappa shape index (κ2) is 12.2. The summed E-state index contributed by atoms with van der Waals surface area (Å²) >= 11 is 3.36. The predicted molar refractivity (Wildman–Crippen MR) is 155 cm³/mol. The molecule has 6 nitrogen and oxygen atoms in total. The number of hydrogen-bond donors (Lipinski definition) is 1. The molecule has 1 atom stereocenters. The average molecular weight is 582 g/mol. The molecule has 0 spiro atoms. The van der Waals surface area contributed by atoms with E-state index >= 15 is 0 Å². The number of rotatable bonds is 10. The van der Waals surface area contributed by atoms with Gasteiger partial charge in [-0.3, -0.25) is 10.1 Å². The summed E-state index contributed by atoms with van der Waals surface area (Å²) in [5, 5.41) is 3.32. The number of methoxy groups -OCH3 is 1. The largest absolute Gasteiger partial charge is 0.468 e. The minimum Gasteiger partial charge on any atom is -0.468 e. The molecule has 0 radical (unpaired) electrons. The molecule has 0 aliphatic rings. The van der Waals surface area contributed by atoms with Gasteiger partial charge in [0.2, 0.25) is 0 Å². The van der Waals surface area contributed by atoms with Crippen LogP contribution >= 0.6 is 15.9 Å². The van der Waals surface area contributed by atoms with E-state index in [4.69, 9.17) is 9.72 Å². The number of aromatic nitrogens is 3. The highest BCUT2D eigenvalue weighted by molar-refractivity contribution is 9.10. The first-order chi connectivity index (χ1) is 19.1. The molecule has 0 aliphatic heterocycles. The van der Waals surface area contributed by atoms with Crippen LogP contribution in [0.25, 0.3) is 0 Å². The second-order valence-electron chi connectivity index (χ2n) is 9.23. The Labute approximate surface area is 236 Å². The molecule has 2 aromatic heterocycles. The van der Waals surface area contributed by atoms with Crippen LogP contribution in [0.5, 0.6) is 0 Å². The zero-order valence-electron chi connectivity index (χ0n) is 21.6. The number of nitrogens with one attached hydrogen (secondary N) is 1. The van der Waals surface area contributed by atoms with E-state index in [1.54, 1.807) is 6.20 Å². The lowest BCUT2D eigenvalue weighted by molar-refractivity contribution is -0.143. The van der Waals surface area contributed by atoms with E-state index in [1.165, 1.54) is 7.11 Å². The molecule has 7 heteroatoms.